The van der Waals surface area contributed by atoms with Gasteiger partial charge in [0, 0.05) is 44.5 Å². The third-order valence-electron chi connectivity index (χ3n) is 4.16. The second-order valence-electron chi connectivity index (χ2n) is 6.35. The predicted molar refractivity (Wildman–Crippen MR) is 96.2 cm³/mol. The average molecular weight is 337 g/mol. The fraction of sp³-hybridized carbons (Fsp3) is 0.300. The van der Waals surface area contributed by atoms with Crippen molar-refractivity contribution >= 4 is 11.6 Å². The lowest BCUT2D eigenvalue weighted by Gasteiger charge is -2.20. The summed E-state index contributed by atoms with van der Waals surface area (Å²) in [7, 11) is 3.43. The van der Waals surface area contributed by atoms with E-state index in [4.69, 9.17) is 0 Å². The molecular weight excluding hydrogens is 317 g/mol. The minimum Gasteiger partial charge on any atom is -0.367 e. The molecule has 2 heterocycles. The average Bonchev–Trinajstić information content (AvgIpc) is 3.03. The molecule has 3 rings (SSSR count). The van der Waals surface area contributed by atoms with Crippen LogP contribution in [0.25, 0.3) is 0 Å². The molecule has 1 fully saturated rings. The maximum Gasteiger partial charge on any atom is 0.253 e. The van der Waals surface area contributed by atoms with E-state index in [-0.39, 0.29) is 12.5 Å². The van der Waals surface area contributed by atoms with Gasteiger partial charge in [-0.2, -0.15) is 0 Å². The van der Waals surface area contributed by atoms with Gasteiger partial charge in [-0.05, 0) is 36.3 Å². The number of alkyl halides is 1. The van der Waals surface area contributed by atoms with Crippen molar-refractivity contribution in [3.63, 3.8) is 0 Å². The number of nitrogens with zero attached hydrogens (tertiary/aromatic N) is 3. The Balaban J connectivity index is 1.76. The van der Waals surface area contributed by atoms with Crippen molar-refractivity contribution in [3.05, 3.63) is 59.9 Å². The van der Waals surface area contributed by atoms with Gasteiger partial charge < -0.3 is 9.80 Å². The van der Waals surface area contributed by atoms with Crippen LogP contribution >= 0.6 is 0 Å². The molecule has 4 nitrogen and oxygen atoms in total. The van der Waals surface area contributed by atoms with E-state index in [2.05, 4.69) is 16.8 Å². The van der Waals surface area contributed by atoms with E-state index in [9.17, 15) is 4.79 Å². The van der Waals surface area contributed by atoms with Gasteiger partial charge in [0.2, 0.25) is 0 Å². The van der Waals surface area contributed by atoms with E-state index in [1.807, 2.05) is 23.1 Å². The highest BCUT2D eigenvalue weighted by Gasteiger charge is 2.37. The van der Waals surface area contributed by atoms with E-state index in [1.165, 1.54) is 4.90 Å². The van der Waals surface area contributed by atoms with Gasteiger partial charge in [-0.1, -0.05) is 18.1 Å². The Morgan fingerprint density at radius 1 is 1.28 bits per heavy atom. The van der Waals surface area contributed by atoms with Crippen LogP contribution in [0.2, 0.25) is 0 Å². The summed E-state index contributed by atoms with van der Waals surface area (Å²) in [6, 6.07) is 12.7. The second kappa shape index (κ2) is 6.94. The maximum atomic E-state index is 15.0. The number of hydrogen-bond donors (Lipinski definition) is 0. The van der Waals surface area contributed by atoms with Gasteiger partial charge in [-0.15, -0.1) is 0 Å². The van der Waals surface area contributed by atoms with Crippen molar-refractivity contribution in [2.45, 2.75) is 12.1 Å². The van der Waals surface area contributed by atoms with Crippen molar-refractivity contribution in [3.8, 4) is 11.8 Å². The molecule has 0 radical (unpaired) electrons. The van der Waals surface area contributed by atoms with Crippen molar-refractivity contribution in [1.29, 1.82) is 0 Å². The third kappa shape index (κ3) is 3.97. The van der Waals surface area contributed by atoms with Crippen LogP contribution in [0.3, 0.4) is 0 Å². The molecular formula is C20H20FN3O. The quantitative estimate of drug-likeness (QED) is 0.791. The summed E-state index contributed by atoms with van der Waals surface area (Å²) in [4.78, 5) is 19.7. The Labute approximate surface area is 147 Å². The first-order valence-electron chi connectivity index (χ1n) is 8.17. The fourth-order valence-corrected chi connectivity index (χ4v) is 2.80. The van der Waals surface area contributed by atoms with E-state index < -0.39 is 5.67 Å². The first kappa shape index (κ1) is 17.0. The van der Waals surface area contributed by atoms with Gasteiger partial charge in [0.1, 0.15) is 5.69 Å². The molecule has 25 heavy (non-hydrogen) atoms. The zero-order valence-electron chi connectivity index (χ0n) is 14.4. The molecule has 1 aliphatic rings. The summed E-state index contributed by atoms with van der Waals surface area (Å²) in [6.45, 7) is 0.749. The molecule has 0 aliphatic carbocycles. The summed E-state index contributed by atoms with van der Waals surface area (Å²) in [5.74, 6) is 5.49. The van der Waals surface area contributed by atoms with Crippen LogP contribution in [0, 0.1) is 11.8 Å². The number of benzene rings is 1. The minimum absolute atomic E-state index is 0.0671. The van der Waals surface area contributed by atoms with Crippen LogP contribution in [-0.4, -0.2) is 48.6 Å². The van der Waals surface area contributed by atoms with E-state index >= 15 is 4.39 Å². The first-order valence-corrected chi connectivity index (χ1v) is 8.17. The SMILES string of the molecule is CN(C)C(=O)c1cccc(N2CCC(F)(C#Cc3ccccn3)C2)c1. The zero-order valence-corrected chi connectivity index (χ0v) is 14.4. The molecule has 128 valence electrons. The van der Waals surface area contributed by atoms with Crippen LogP contribution < -0.4 is 4.90 Å². The van der Waals surface area contributed by atoms with E-state index in [0.717, 1.165) is 5.69 Å². The monoisotopic (exact) mass is 337 g/mol. The van der Waals surface area contributed by atoms with Crippen molar-refractivity contribution in [2.75, 3.05) is 32.1 Å². The molecule has 1 atom stereocenters. The maximum absolute atomic E-state index is 15.0. The lowest BCUT2D eigenvalue weighted by atomic mass is 10.1. The Morgan fingerprint density at radius 2 is 2.12 bits per heavy atom. The molecule has 1 aromatic carbocycles. The zero-order chi connectivity index (χ0) is 17.9. The van der Waals surface area contributed by atoms with Gasteiger partial charge in [0.15, 0.2) is 5.67 Å². The van der Waals surface area contributed by atoms with Gasteiger partial charge in [0.05, 0.1) is 6.54 Å². The molecule has 1 amide bonds. The Morgan fingerprint density at radius 3 is 2.84 bits per heavy atom. The molecule has 1 aromatic heterocycles. The fourth-order valence-electron chi connectivity index (χ4n) is 2.80. The summed E-state index contributed by atoms with van der Waals surface area (Å²) in [5.41, 5.74) is 0.431. The van der Waals surface area contributed by atoms with Gasteiger partial charge >= 0.3 is 0 Å². The molecule has 5 heteroatoms. The number of halogens is 1. The predicted octanol–water partition coefficient (Wildman–Crippen LogP) is 2.75. The summed E-state index contributed by atoms with van der Waals surface area (Å²) < 4.78 is 15.0. The van der Waals surface area contributed by atoms with Crippen molar-refractivity contribution in [2.24, 2.45) is 0 Å². The molecule has 1 aliphatic heterocycles. The topological polar surface area (TPSA) is 36.4 Å². The van der Waals surface area contributed by atoms with Crippen LogP contribution in [0.15, 0.2) is 48.7 Å². The van der Waals surface area contributed by atoms with Crippen LogP contribution in [-0.2, 0) is 0 Å². The highest BCUT2D eigenvalue weighted by molar-refractivity contribution is 5.94. The van der Waals surface area contributed by atoms with Crippen molar-refractivity contribution < 1.29 is 9.18 Å². The Kier molecular flexibility index (Phi) is 4.71. The molecule has 0 N–H and O–H groups in total. The number of anilines is 1. The molecule has 0 bridgehead atoms. The first-order chi connectivity index (χ1) is 12.0. The number of hydrogen-bond acceptors (Lipinski definition) is 3. The van der Waals surface area contributed by atoms with E-state index in [1.54, 1.807) is 44.6 Å². The minimum atomic E-state index is -1.57. The lowest BCUT2D eigenvalue weighted by molar-refractivity contribution is 0.0827. The molecule has 0 spiro atoms. The van der Waals surface area contributed by atoms with Crippen LogP contribution in [0.1, 0.15) is 22.5 Å². The normalized spacial score (nSPS) is 19.2. The third-order valence-corrected chi connectivity index (χ3v) is 4.16. The largest absolute Gasteiger partial charge is 0.367 e. The summed E-state index contributed by atoms with van der Waals surface area (Å²) in [5, 5.41) is 0. The molecule has 1 unspecified atom stereocenters. The van der Waals surface area contributed by atoms with Gasteiger partial charge in [0.25, 0.3) is 5.91 Å². The van der Waals surface area contributed by atoms with Gasteiger partial charge in [-0.25, -0.2) is 9.37 Å². The number of amides is 1. The summed E-state index contributed by atoms with van der Waals surface area (Å²) in [6.07, 6.45) is 1.97. The lowest BCUT2D eigenvalue weighted by Crippen LogP contribution is -2.28. The Bertz CT molecular complexity index is 826. The second-order valence-corrected chi connectivity index (χ2v) is 6.35. The van der Waals surface area contributed by atoms with E-state index in [0.29, 0.717) is 24.2 Å². The number of aromatic nitrogens is 1. The number of carbonyl (C=O) groups excluding carboxylic acids is 1. The molecule has 0 saturated carbocycles. The van der Waals surface area contributed by atoms with Crippen molar-refractivity contribution in [1.82, 2.24) is 9.88 Å². The highest BCUT2D eigenvalue weighted by Crippen LogP contribution is 2.30. The molecule has 1 saturated heterocycles. The standard InChI is InChI=1S/C20H20FN3O/c1-23(2)19(25)16-6-5-8-18(14-16)24-13-11-20(21,15-24)10-9-17-7-3-4-12-22-17/h3-8,12,14H,11,13,15H2,1-2H3. The smallest absolute Gasteiger partial charge is 0.253 e. The van der Waals surface area contributed by atoms with Gasteiger partial charge in [-0.3, -0.25) is 4.79 Å². The summed E-state index contributed by atoms with van der Waals surface area (Å²) >= 11 is 0. The highest BCUT2D eigenvalue weighted by atomic mass is 19.1. The van der Waals surface area contributed by atoms with Crippen LogP contribution in [0.4, 0.5) is 10.1 Å². The number of rotatable bonds is 2. The number of pyridine rings is 1. The number of carbonyl (C=O) groups is 1. The van der Waals surface area contributed by atoms with Crippen LogP contribution in [0.5, 0.6) is 0 Å². The molecule has 2 aromatic rings. The Hall–Kier alpha value is -2.87.